The van der Waals surface area contributed by atoms with Crippen LogP contribution >= 0.6 is 0 Å². The Bertz CT molecular complexity index is 488. The minimum atomic E-state index is -0.894. The molecule has 1 saturated carbocycles. The van der Waals surface area contributed by atoms with Gasteiger partial charge in [0.1, 0.15) is 6.04 Å². The molecule has 2 aliphatic rings. The zero-order chi connectivity index (χ0) is 18.9. The number of nitrogens with zero attached hydrogens (tertiary/aromatic N) is 1. The summed E-state index contributed by atoms with van der Waals surface area (Å²) in [5.41, 5.74) is 10.8. The lowest BCUT2D eigenvalue weighted by Gasteiger charge is -2.30. The van der Waals surface area contributed by atoms with Gasteiger partial charge in [-0.15, -0.1) is 0 Å². The van der Waals surface area contributed by atoms with E-state index in [0.29, 0.717) is 38.6 Å². The quantitative estimate of drug-likeness (QED) is 0.544. The van der Waals surface area contributed by atoms with E-state index in [-0.39, 0.29) is 24.8 Å². The van der Waals surface area contributed by atoms with Crippen molar-refractivity contribution in [2.75, 3.05) is 32.8 Å². The van der Waals surface area contributed by atoms with Crippen molar-refractivity contribution in [1.29, 1.82) is 0 Å². The third-order valence-corrected chi connectivity index (χ3v) is 5.39. The molecule has 1 heterocycles. The number of primary amides is 1. The lowest BCUT2D eigenvalue weighted by atomic mass is 9.81. The SMILES string of the molecule is NC[C@H](NC(=O)C(CC(=O)N1CCOCC1)CC1CCCCC1)C(N)=O. The van der Waals surface area contributed by atoms with Crippen LogP contribution in [-0.4, -0.2) is 61.5 Å². The van der Waals surface area contributed by atoms with Gasteiger partial charge in [0.15, 0.2) is 0 Å². The molecule has 0 aromatic rings. The van der Waals surface area contributed by atoms with Crippen LogP contribution < -0.4 is 16.8 Å². The van der Waals surface area contributed by atoms with E-state index < -0.39 is 17.9 Å². The minimum absolute atomic E-state index is 0.0346. The van der Waals surface area contributed by atoms with Crippen LogP contribution in [-0.2, 0) is 19.1 Å². The number of carbonyl (C=O) groups is 3. The maximum atomic E-state index is 12.7. The smallest absolute Gasteiger partial charge is 0.241 e. The normalized spacial score (nSPS) is 21.0. The predicted octanol–water partition coefficient (Wildman–Crippen LogP) is -0.249. The maximum Gasteiger partial charge on any atom is 0.241 e. The fourth-order valence-corrected chi connectivity index (χ4v) is 3.80. The van der Waals surface area contributed by atoms with Gasteiger partial charge in [-0.2, -0.15) is 0 Å². The second-order valence-corrected chi connectivity index (χ2v) is 7.33. The first kappa shape index (κ1) is 20.6. The summed E-state index contributed by atoms with van der Waals surface area (Å²) in [4.78, 5) is 38.5. The fourth-order valence-electron chi connectivity index (χ4n) is 3.80. The Kier molecular flexibility index (Phi) is 8.31. The van der Waals surface area contributed by atoms with E-state index in [1.165, 1.54) is 19.3 Å². The van der Waals surface area contributed by atoms with Gasteiger partial charge in [0.2, 0.25) is 17.7 Å². The van der Waals surface area contributed by atoms with Crippen LogP contribution in [0.15, 0.2) is 0 Å². The summed E-state index contributed by atoms with van der Waals surface area (Å²) in [7, 11) is 0. The number of nitrogens with two attached hydrogens (primary N) is 2. The zero-order valence-electron chi connectivity index (χ0n) is 15.5. The number of carbonyl (C=O) groups excluding carboxylic acids is 3. The van der Waals surface area contributed by atoms with E-state index >= 15 is 0 Å². The van der Waals surface area contributed by atoms with Gasteiger partial charge >= 0.3 is 0 Å². The van der Waals surface area contributed by atoms with Gasteiger partial charge in [-0.05, 0) is 12.3 Å². The molecule has 1 aliphatic carbocycles. The van der Waals surface area contributed by atoms with Crippen molar-refractivity contribution in [3.8, 4) is 0 Å². The third-order valence-electron chi connectivity index (χ3n) is 5.39. The van der Waals surface area contributed by atoms with Gasteiger partial charge in [-0.25, -0.2) is 0 Å². The molecule has 0 spiro atoms. The van der Waals surface area contributed by atoms with Gasteiger partial charge in [0, 0.05) is 32.0 Å². The molecule has 0 radical (unpaired) electrons. The molecule has 26 heavy (non-hydrogen) atoms. The number of ether oxygens (including phenoxy) is 1. The number of hydrogen-bond donors (Lipinski definition) is 3. The summed E-state index contributed by atoms with van der Waals surface area (Å²) >= 11 is 0. The van der Waals surface area contributed by atoms with E-state index in [4.69, 9.17) is 16.2 Å². The molecule has 5 N–H and O–H groups in total. The number of amides is 3. The summed E-state index contributed by atoms with van der Waals surface area (Å²) < 4.78 is 5.28. The van der Waals surface area contributed by atoms with E-state index in [9.17, 15) is 14.4 Å². The Balaban J connectivity index is 2.00. The Labute approximate surface area is 155 Å². The first-order valence-electron chi connectivity index (χ1n) is 9.66. The van der Waals surface area contributed by atoms with Crippen molar-refractivity contribution in [3.63, 3.8) is 0 Å². The molecule has 8 heteroatoms. The van der Waals surface area contributed by atoms with E-state index in [0.717, 1.165) is 12.8 Å². The summed E-state index contributed by atoms with van der Waals surface area (Å²) in [6.07, 6.45) is 6.57. The van der Waals surface area contributed by atoms with E-state index in [2.05, 4.69) is 5.32 Å². The average Bonchev–Trinajstić information content (AvgIpc) is 2.66. The van der Waals surface area contributed by atoms with Crippen LogP contribution in [0, 0.1) is 11.8 Å². The molecule has 1 aliphatic heterocycles. The number of morpholine rings is 1. The third kappa shape index (κ3) is 6.25. The van der Waals surface area contributed by atoms with Crippen molar-refractivity contribution in [1.82, 2.24) is 10.2 Å². The van der Waals surface area contributed by atoms with Gasteiger partial charge in [0.05, 0.1) is 13.2 Å². The molecule has 0 aromatic carbocycles. The molecule has 3 amide bonds. The molecule has 148 valence electrons. The van der Waals surface area contributed by atoms with E-state index in [1.807, 2.05) is 0 Å². The first-order chi connectivity index (χ1) is 12.5. The number of hydrogen-bond acceptors (Lipinski definition) is 5. The number of rotatable bonds is 8. The highest BCUT2D eigenvalue weighted by atomic mass is 16.5. The van der Waals surface area contributed by atoms with Gasteiger partial charge in [-0.3, -0.25) is 14.4 Å². The molecular weight excluding hydrogens is 336 g/mol. The monoisotopic (exact) mass is 368 g/mol. The second kappa shape index (κ2) is 10.5. The minimum Gasteiger partial charge on any atom is -0.378 e. The maximum absolute atomic E-state index is 12.7. The van der Waals surface area contributed by atoms with Crippen molar-refractivity contribution in [2.24, 2.45) is 23.3 Å². The summed E-state index contributed by atoms with van der Waals surface area (Å²) in [6, 6.07) is -0.894. The van der Waals surface area contributed by atoms with Gasteiger partial charge < -0.3 is 26.4 Å². The Morgan fingerprint density at radius 2 is 1.77 bits per heavy atom. The molecule has 1 unspecified atom stereocenters. The van der Waals surface area contributed by atoms with Gasteiger partial charge in [-0.1, -0.05) is 32.1 Å². The topological polar surface area (TPSA) is 128 Å². The van der Waals surface area contributed by atoms with Crippen LogP contribution in [0.2, 0.25) is 0 Å². The number of nitrogens with one attached hydrogen (secondary N) is 1. The molecule has 2 rings (SSSR count). The van der Waals surface area contributed by atoms with Crippen molar-refractivity contribution in [2.45, 2.75) is 51.0 Å². The Morgan fingerprint density at radius 1 is 1.12 bits per heavy atom. The standard InChI is InChI=1S/C18H32N4O4/c19-12-15(17(20)24)21-18(25)14(10-13-4-2-1-3-5-13)11-16(23)22-6-8-26-9-7-22/h13-15H,1-12,19H2,(H2,20,24)(H,21,25)/t14?,15-/m0/s1. The Morgan fingerprint density at radius 3 is 2.35 bits per heavy atom. The highest BCUT2D eigenvalue weighted by Crippen LogP contribution is 2.30. The highest BCUT2D eigenvalue weighted by Gasteiger charge is 2.30. The molecule has 8 nitrogen and oxygen atoms in total. The lowest BCUT2D eigenvalue weighted by Crippen LogP contribution is -2.51. The molecule has 2 atom stereocenters. The van der Waals surface area contributed by atoms with Crippen LogP contribution in [0.1, 0.15) is 44.9 Å². The predicted molar refractivity (Wildman–Crippen MR) is 96.9 cm³/mol. The molecular formula is C18H32N4O4. The summed E-state index contributed by atoms with van der Waals surface area (Å²) in [6.45, 7) is 2.13. The van der Waals surface area contributed by atoms with Crippen LogP contribution in [0.4, 0.5) is 0 Å². The first-order valence-corrected chi connectivity index (χ1v) is 9.66. The molecule has 0 bridgehead atoms. The molecule has 2 fully saturated rings. The van der Waals surface area contributed by atoms with Crippen LogP contribution in [0.3, 0.4) is 0 Å². The van der Waals surface area contributed by atoms with Crippen molar-refractivity contribution < 1.29 is 19.1 Å². The lowest BCUT2D eigenvalue weighted by molar-refractivity contribution is -0.140. The van der Waals surface area contributed by atoms with Crippen molar-refractivity contribution in [3.05, 3.63) is 0 Å². The fraction of sp³-hybridized carbons (Fsp3) is 0.833. The van der Waals surface area contributed by atoms with Crippen LogP contribution in [0.5, 0.6) is 0 Å². The summed E-state index contributed by atoms with van der Waals surface area (Å²) in [5.74, 6) is -1.00. The summed E-state index contributed by atoms with van der Waals surface area (Å²) in [5, 5.41) is 2.63. The van der Waals surface area contributed by atoms with E-state index in [1.54, 1.807) is 4.90 Å². The highest BCUT2D eigenvalue weighted by molar-refractivity contribution is 5.90. The zero-order valence-corrected chi connectivity index (χ0v) is 15.5. The van der Waals surface area contributed by atoms with Gasteiger partial charge in [0.25, 0.3) is 0 Å². The molecule has 1 saturated heterocycles. The molecule has 0 aromatic heterocycles. The van der Waals surface area contributed by atoms with Crippen molar-refractivity contribution >= 4 is 17.7 Å². The largest absolute Gasteiger partial charge is 0.378 e. The Hall–Kier alpha value is -1.67. The average molecular weight is 368 g/mol. The van der Waals surface area contributed by atoms with Crippen LogP contribution in [0.25, 0.3) is 0 Å². The second-order valence-electron chi connectivity index (χ2n) is 7.33.